The minimum Gasteiger partial charge on any atom is -0.373 e. The number of allylic oxidation sites excluding steroid dienone is 2. The summed E-state index contributed by atoms with van der Waals surface area (Å²) in [6.45, 7) is 6.37. The lowest BCUT2D eigenvalue weighted by atomic mass is 9.79. The monoisotopic (exact) mass is 272 g/mol. The van der Waals surface area contributed by atoms with Crippen LogP contribution in [0.3, 0.4) is 0 Å². The highest BCUT2D eigenvalue weighted by Crippen LogP contribution is 2.31. The van der Waals surface area contributed by atoms with Gasteiger partial charge in [-0.3, -0.25) is 4.79 Å². The topological polar surface area (TPSA) is 55.1 Å². The molecule has 3 unspecified atom stereocenters. The highest BCUT2D eigenvalue weighted by molar-refractivity contribution is 5.83. The van der Waals surface area contributed by atoms with Gasteiger partial charge in [0.1, 0.15) is 6.04 Å². The van der Waals surface area contributed by atoms with E-state index in [1.807, 2.05) is 31.2 Å². The van der Waals surface area contributed by atoms with Crippen molar-refractivity contribution in [2.45, 2.75) is 39.7 Å². The molecular formula is C17H24N2O. The molecule has 1 aliphatic rings. The van der Waals surface area contributed by atoms with Gasteiger partial charge in [0.15, 0.2) is 0 Å². The van der Waals surface area contributed by atoms with Gasteiger partial charge in [0.25, 0.3) is 0 Å². The van der Waals surface area contributed by atoms with Crippen molar-refractivity contribution in [2.24, 2.45) is 17.6 Å². The average molecular weight is 272 g/mol. The second kappa shape index (κ2) is 6.12. The molecule has 1 amide bonds. The first-order valence-corrected chi connectivity index (χ1v) is 7.25. The molecule has 0 fully saturated rings. The molecule has 3 N–H and O–H groups in total. The van der Waals surface area contributed by atoms with Gasteiger partial charge in [0, 0.05) is 5.69 Å². The highest BCUT2D eigenvalue weighted by Gasteiger charge is 2.30. The van der Waals surface area contributed by atoms with Crippen LogP contribution in [0.5, 0.6) is 0 Å². The summed E-state index contributed by atoms with van der Waals surface area (Å²) in [7, 11) is 0. The SMILES string of the molecule is CC1=CC(C)CC(C(Nc2cccc(C)c2)C(N)=O)C1. The van der Waals surface area contributed by atoms with E-state index in [9.17, 15) is 4.79 Å². The zero-order valence-corrected chi connectivity index (χ0v) is 12.5. The maximum atomic E-state index is 11.8. The van der Waals surface area contributed by atoms with Crippen LogP contribution >= 0.6 is 0 Å². The maximum Gasteiger partial charge on any atom is 0.240 e. The van der Waals surface area contributed by atoms with Crippen LogP contribution in [0, 0.1) is 18.8 Å². The van der Waals surface area contributed by atoms with Crippen molar-refractivity contribution in [3.05, 3.63) is 41.5 Å². The van der Waals surface area contributed by atoms with Crippen LogP contribution in [0.25, 0.3) is 0 Å². The van der Waals surface area contributed by atoms with E-state index in [0.717, 1.165) is 18.5 Å². The molecule has 0 saturated heterocycles. The number of carbonyl (C=O) groups excluding carboxylic acids is 1. The Labute approximate surface area is 121 Å². The molecule has 2 rings (SSSR count). The summed E-state index contributed by atoms with van der Waals surface area (Å²) in [5.74, 6) is 0.515. The van der Waals surface area contributed by atoms with Crippen LogP contribution < -0.4 is 11.1 Å². The molecule has 3 atom stereocenters. The van der Waals surface area contributed by atoms with Crippen molar-refractivity contribution < 1.29 is 4.79 Å². The minimum atomic E-state index is -0.303. The third kappa shape index (κ3) is 3.62. The average Bonchev–Trinajstić information content (AvgIpc) is 2.34. The van der Waals surface area contributed by atoms with E-state index in [1.165, 1.54) is 11.1 Å². The molecule has 0 aromatic heterocycles. The zero-order chi connectivity index (χ0) is 14.7. The summed E-state index contributed by atoms with van der Waals surface area (Å²) in [6.07, 6.45) is 4.24. The molecule has 3 heteroatoms. The van der Waals surface area contributed by atoms with Crippen molar-refractivity contribution in [1.82, 2.24) is 0 Å². The third-order valence-corrected chi connectivity index (χ3v) is 3.95. The van der Waals surface area contributed by atoms with Crippen LogP contribution in [0.1, 0.15) is 32.3 Å². The van der Waals surface area contributed by atoms with Gasteiger partial charge in [0.05, 0.1) is 0 Å². The molecule has 0 saturated carbocycles. The standard InChI is InChI=1S/C17H24N2O/c1-11-5-4-6-15(10-11)19-16(17(18)20)14-8-12(2)7-13(3)9-14/h4-7,10,12,14,16,19H,8-9H2,1-3H3,(H2,18,20). The van der Waals surface area contributed by atoms with Gasteiger partial charge in [0.2, 0.25) is 5.91 Å². The van der Waals surface area contributed by atoms with Crippen LogP contribution in [0.4, 0.5) is 5.69 Å². The zero-order valence-electron chi connectivity index (χ0n) is 12.5. The van der Waals surface area contributed by atoms with Gasteiger partial charge < -0.3 is 11.1 Å². The number of primary amides is 1. The van der Waals surface area contributed by atoms with Gasteiger partial charge in [-0.15, -0.1) is 0 Å². The molecule has 0 bridgehead atoms. The molecule has 0 aliphatic heterocycles. The van der Waals surface area contributed by atoms with E-state index in [2.05, 4.69) is 25.2 Å². The molecule has 20 heavy (non-hydrogen) atoms. The number of hydrogen-bond donors (Lipinski definition) is 2. The quantitative estimate of drug-likeness (QED) is 0.827. The first-order chi connectivity index (χ1) is 9.45. The van der Waals surface area contributed by atoms with Gasteiger partial charge in [-0.2, -0.15) is 0 Å². The number of benzene rings is 1. The van der Waals surface area contributed by atoms with Crippen LogP contribution in [0.15, 0.2) is 35.9 Å². The Morgan fingerprint density at radius 3 is 2.75 bits per heavy atom. The number of aryl methyl sites for hydroxylation is 1. The smallest absolute Gasteiger partial charge is 0.240 e. The molecule has 1 aromatic rings. The van der Waals surface area contributed by atoms with Gasteiger partial charge in [-0.1, -0.05) is 30.7 Å². The van der Waals surface area contributed by atoms with Gasteiger partial charge in [-0.25, -0.2) is 0 Å². The minimum absolute atomic E-state index is 0.265. The Morgan fingerprint density at radius 1 is 1.40 bits per heavy atom. The number of hydrogen-bond acceptors (Lipinski definition) is 2. The number of carbonyl (C=O) groups is 1. The Kier molecular flexibility index (Phi) is 4.48. The van der Waals surface area contributed by atoms with Crippen molar-refractivity contribution in [1.29, 1.82) is 0 Å². The van der Waals surface area contributed by atoms with E-state index in [4.69, 9.17) is 5.73 Å². The van der Waals surface area contributed by atoms with Crippen LogP contribution in [0.2, 0.25) is 0 Å². The Bertz CT molecular complexity index is 521. The van der Waals surface area contributed by atoms with E-state index < -0.39 is 0 Å². The van der Waals surface area contributed by atoms with Crippen LogP contribution in [-0.2, 0) is 4.79 Å². The molecule has 0 spiro atoms. The highest BCUT2D eigenvalue weighted by atomic mass is 16.1. The second-order valence-corrected chi connectivity index (χ2v) is 6.08. The molecule has 3 nitrogen and oxygen atoms in total. The normalized spacial score (nSPS) is 23.9. The third-order valence-electron chi connectivity index (χ3n) is 3.95. The van der Waals surface area contributed by atoms with Gasteiger partial charge in [-0.05, 0) is 56.2 Å². The predicted octanol–water partition coefficient (Wildman–Crippen LogP) is 3.25. The lowest BCUT2D eigenvalue weighted by Crippen LogP contribution is -2.43. The fraction of sp³-hybridized carbons (Fsp3) is 0.471. The van der Waals surface area contributed by atoms with E-state index in [-0.39, 0.29) is 17.9 Å². The summed E-state index contributed by atoms with van der Waals surface area (Å²) in [4.78, 5) is 11.8. The van der Waals surface area contributed by atoms with Crippen molar-refractivity contribution >= 4 is 11.6 Å². The predicted molar refractivity (Wildman–Crippen MR) is 83.4 cm³/mol. The van der Waals surface area contributed by atoms with Crippen molar-refractivity contribution in [2.75, 3.05) is 5.32 Å². The van der Waals surface area contributed by atoms with Crippen molar-refractivity contribution in [3.63, 3.8) is 0 Å². The molecule has 108 valence electrons. The molecule has 1 aliphatic carbocycles. The van der Waals surface area contributed by atoms with E-state index in [0.29, 0.717) is 5.92 Å². The first-order valence-electron chi connectivity index (χ1n) is 7.25. The number of amides is 1. The largest absolute Gasteiger partial charge is 0.373 e. The second-order valence-electron chi connectivity index (χ2n) is 6.08. The molecule has 0 radical (unpaired) electrons. The fourth-order valence-corrected chi connectivity index (χ4v) is 3.19. The molecular weight excluding hydrogens is 248 g/mol. The van der Waals surface area contributed by atoms with Gasteiger partial charge >= 0.3 is 0 Å². The number of nitrogens with one attached hydrogen (secondary N) is 1. The Balaban J connectivity index is 2.16. The number of anilines is 1. The Hall–Kier alpha value is -1.77. The fourth-order valence-electron chi connectivity index (χ4n) is 3.19. The molecule has 1 aromatic carbocycles. The first kappa shape index (κ1) is 14.6. The van der Waals surface area contributed by atoms with Crippen LogP contribution in [-0.4, -0.2) is 11.9 Å². The lowest BCUT2D eigenvalue weighted by molar-refractivity contribution is -0.119. The summed E-state index contributed by atoms with van der Waals surface area (Å²) in [6, 6.07) is 7.76. The molecule has 0 heterocycles. The van der Waals surface area contributed by atoms with E-state index in [1.54, 1.807) is 0 Å². The van der Waals surface area contributed by atoms with Crippen molar-refractivity contribution in [3.8, 4) is 0 Å². The summed E-state index contributed by atoms with van der Waals surface area (Å²) < 4.78 is 0. The van der Waals surface area contributed by atoms with E-state index >= 15 is 0 Å². The maximum absolute atomic E-state index is 11.8. The summed E-state index contributed by atoms with van der Waals surface area (Å²) >= 11 is 0. The summed E-state index contributed by atoms with van der Waals surface area (Å²) in [5, 5.41) is 3.33. The lowest BCUT2D eigenvalue weighted by Gasteiger charge is -2.31. The summed E-state index contributed by atoms with van der Waals surface area (Å²) in [5.41, 5.74) is 9.12. The number of rotatable bonds is 4. The Morgan fingerprint density at radius 2 is 2.15 bits per heavy atom. The number of nitrogens with two attached hydrogens (primary N) is 1.